The van der Waals surface area contributed by atoms with Gasteiger partial charge in [0.15, 0.2) is 0 Å². The van der Waals surface area contributed by atoms with Crippen LogP contribution in [-0.4, -0.2) is 25.6 Å². The molecule has 0 saturated heterocycles. The number of H-pyrrole nitrogens is 1. The molecule has 3 rings (SSSR count). The van der Waals surface area contributed by atoms with Gasteiger partial charge in [0.25, 0.3) is 0 Å². The van der Waals surface area contributed by atoms with Crippen molar-refractivity contribution < 1.29 is 9.90 Å². The van der Waals surface area contributed by atoms with Gasteiger partial charge in [-0.05, 0) is 25.1 Å². The van der Waals surface area contributed by atoms with E-state index in [0.717, 1.165) is 10.7 Å². The molecule has 0 spiro atoms. The standard InChI is InChI=1S/C14H13N3O3S/c1-8-7-21-12(15-8)4-5-17-11-3-2-9(13(18)19)6-10(11)16-14(17)20/h2-3,6-7H,4-5H2,1H3,(H,16,20)(H,18,19). The summed E-state index contributed by atoms with van der Waals surface area (Å²) in [6.45, 7) is 2.45. The number of carbonyl (C=O) groups is 1. The Morgan fingerprint density at radius 2 is 2.29 bits per heavy atom. The van der Waals surface area contributed by atoms with Crippen molar-refractivity contribution in [2.24, 2.45) is 0 Å². The smallest absolute Gasteiger partial charge is 0.335 e. The second-order valence-corrected chi connectivity index (χ2v) is 5.69. The number of aromatic carboxylic acids is 1. The minimum absolute atomic E-state index is 0.159. The van der Waals surface area contributed by atoms with Crippen molar-refractivity contribution in [3.8, 4) is 0 Å². The van der Waals surface area contributed by atoms with Crippen LogP contribution in [0.2, 0.25) is 0 Å². The molecule has 0 aliphatic carbocycles. The molecule has 0 fully saturated rings. The van der Waals surface area contributed by atoms with E-state index < -0.39 is 5.97 Å². The molecule has 2 heterocycles. The van der Waals surface area contributed by atoms with Gasteiger partial charge in [0.05, 0.1) is 21.6 Å². The van der Waals surface area contributed by atoms with Crippen LogP contribution in [0.4, 0.5) is 0 Å². The fraction of sp³-hybridized carbons (Fsp3) is 0.214. The van der Waals surface area contributed by atoms with Gasteiger partial charge in [-0.15, -0.1) is 11.3 Å². The highest BCUT2D eigenvalue weighted by Gasteiger charge is 2.10. The zero-order valence-corrected chi connectivity index (χ0v) is 12.1. The quantitative estimate of drug-likeness (QED) is 0.772. The van der Waals surface area contributed by atoms with Gasteiger partial charge in [0.2, 0.25) is 0 Å². The summed E-state index contributed by atoms with van der Waals surface area (Å²) in [5.74, 6) is -1.01. The monoisotopic (exact) mass is 303 g/mol. The summed E-state index contributed by atoms with van der Waals surface area (Å²) in [6.07, 6.45) is 0.673. The zero-order valence-electron chi connectivity index (χ0n) is 11.3. The van der Waals surface area contributed by atoms with Crippen LogP contribution in [0.3, 0.4) is 0 Å². The number of aryl methyl sites for hydroxylation is 3. The van der Waals surface area contributed by atoms with Crippen LogP contribution in [0.25, 0.3) is 11.0 Å². The summed E-state index contributed by atoms with van der Waals surface area (Å²) in [5.41, 5.74) is 2.15. The third kappa shape index (κ3) is 2.59. The van der Waals surface area contributed by atoms with Crippen LogP contribution in [0, 0.1) is 6.92 Å². The van der Waals surface area contributed by atoms with E-state index >= 15 is 0 Å². The number of benzene rings is 1. The molecular formula is C14H13N3O3S. The summed E-state index contributed by atoms with van der Waals surface area (Å²) >= 11 is 1.57. The topological polar surface area (TPSA) is 88.0 Å². The van der Waals surface area contributed by atoms with Gasteiger partial charge >= 0.3 is 11.7 Å². The lowest BCUT2D eigenvalue weighted by molar-refractivity contribution is 0.0697. The number of aromatic amines is 1. The highest BCUT2D eigenvalue weighted by Crippen LogP contribution is 2.15. The van der Waals surface area contributed by atoms with Crippen molar-refractivity contribution >= 4 is 28.3 Å². The number of thiazole rings is 1. The van der Waals surface area contributed by atoms with Gasteiger partial charge < -0.3 is 10.1 Å². The molecule has 0 aliphatic heterocycles. The number of imidazole rings is 1. The van der Waals surface area contributed by atoms with E-state index in [1.807, 2.05) is 12.3 Å². The summed E-state index contributed by atoms with van der Waals surface area (Å²) in [5, 5.41) is 11.9. The molecule has 6 nitrogen and oxygen atoms in total. The summed E-state index contributed by atoms with van der Waals surface area (Å²) in [4.78, 5) is 30.0. The predicted molar refractivity (Wildman–Crippen MR) is 80.1 cm³/mol. The largest absolute Gasteiger partial charge is 0.478 e. The molecule has 2 N–H and O–H groups in total. The first-order valence-corrected chi connectivity index (χ1v) is 7.29. The first-order valence-electron chi connectivity index (χ1n) is 6.41. The fourth-order valence-electron chi connectivity index (χ4n) is 2.24. The molecule has 0 atom stereocenters. The van der Waals surface area contributed by atoms with Crippen LogP contribution in [0.1, 0.15) is 21.1 Å². The Balaban J connectivity index is 1.93. The minimum atomic E-state index is -1.01. The lowest BCUT2D eigenvalue weighted by Gasteiger charge is -2.02. The van der Waals surface area contributed by atoms with Crippen molar-refractivity contribution in [2.45, 2.75) is 19.9 Å². The minimum Gasteiger partial charge on any atom is -0.478 e. The van der Waals surface area contributed by atoms with Crippen LogP contribution in [0.15, 0.2) is 28.4 Å². The predicted octanol–water partition coefficient (Wildman–Crippen LogP) is 2.04. The first-order chi connectivity index (χ1) is 10.0. The molecule has 2 aromatic heterocycles. The number of fused-ring (bicyclic) bond motifs is 1. The number of hydrogen-bond acceptors (Lipinski definition) is 4. The maximum Gasteiger partial charge on any atom is 0.335 e. The van der Waals surface area contributed by atoms with Gasteiger partial charge in [-0.2, -0.15) is 0 Å². The Bertz CT molecular complexity index is 875. The molecule has 0 amide bonds. The van der Waals surface area contributed by atoms with E-state index in [0.29, 0.717) is 24.0 Å². The van der Waals surface area contributed by atoms with Crippen LogP contribution in [0.5, 0.6) is 0 Å². The molecule has 108 valence electrons. The van der Waals surface area contributed by atoms with E-state index in [-0.39, 0.29) is 11.3 Å². The number of nitrogens with zero attached hydrogens (tertiary/aromatic N) is 2. The summed E-state index contributed by atoms with van der Waals surface area (Å²) in [7, 11) is 0. The third-order valence-corrected chi connectivity index (χ3v) is 4.26. The molecular weight excluding hydrogens is 290 g/mol. The maximum absolute atomic E-state index is 12.0. The van der Waals surface area contributed by atoms with E-state index in [1.54, 1.807) is 22.0 Å². The normalized spacial score (nSPS) is 11.1. The average Bonchev–Trinajstić information content (AvgIpc) is 2.98. The van der Waals surface area contributed by atoms with E-state index in [4.69, 9.17) is 5.11 Å². The number of carboxylic acids is 1. The van der Waals surface area contributed by atoms with E-state index in [9.17, 15) is 9.59 Å². The number of aromatic nitrogens is 3. The Morgan fingerprint density at radius 3 is 2.95 bits per heavy atom. The number of carboxylic acid groups (broad SMARTS) is 1. The van der Waals surface area contributed by atoms with E-state index in [1.165, 1.54) is 12.1 Å². The Kier molecular flexibility index (Phi) is 3.34. The summed E-state index contributed by atoms with van der Waals surface area (Å²) < 4.78 is 1.61. The lowest BCUT2D eigenvalue weighted by Crippen LogP contribution is -2.17. The van der Waals surface area contributed by atoms with Gasteiger partial charge in [-0.1, -0.05) is 0 Å². The van der Waals surface area contributed by atoms with Crippen molar-refractivity contribution in [3.63, 3.8) is 0 Å². The number of rotatable bonds is 4. The molecule has 0 aliphatic rings. The molecule has 0 radical (unpaired) electrons. The number of nitrogens with one attached hydrogen (secondary N) is 1. The molecule has 0 unspecified atom stereocenters. The Morgan fingerprint density at radius 1 is 1.48 bits per heavy atom. The molecule has 0 saturated carbocycles. The highest BCUT2D eigenvalue weighted by molar-refractivity contribution is 7.09. The second kappa shape index (κ2) is 5.17. The fourth-order valence-corrected chi connectivity index (χ4v) is 3.01. The van der Waals surface area contributed by atoms with Crippen molar-refractivity contribution in [1.82, 2.24) is 14.5 Å². The lowest BCUT2D eigenvalue weighted by atomic mass is 10.2. The Labute approximate surface area is 123 Å². The SMILES string of the molecule is Cc1csc(CCn2c(=O)[nH]c3cc(C(=O)O)ccc32)n1. The highest BCUT2D eigenvalue weighted by atomic mass is 32.1. The van der Waals surface area contributed by atoms with Crippen LogP contribution < -0.4 is 5.69 Å². The average molecular weight is 303 g/mol. The molecule has 1 aromatic carbocycles. The summed E-state index contributed by atoms with van der Waals surface area (Å²) in [6, 6.07) is 4.63. The van der Waals surface area contributed by atoms with Crippen molar-refractivity contribution in [3.05, 3.63) is 50.3 Å². The molecule has 21 heavy (non-hydrogen) atoms. The molecule has 7 heteroatoms. The van der Waals surface area contributed by atoms with Crippen LogP contribution in [-0.2, 0) is 13.0 Å². The third-order valence-electron chi connectivity index (χ3n) is 3.24. The van der Waals surface area contributed by atoms with Gasteiger partial charge in [-0.3, -0.25) is 4.57 Å². The van der Waals surface area contributed by atoms with Crippen LogP contribution >= 0.6 is 11.3 Å². The van der Waals surface area contributed by atoms with Crippen molar-refractivity contribution in [1.29, 1.82) is 0 Å². The Hall–Kier alpha value is -2.41. The van der Waals surface area contributed by atoms with Crippen molar-refractivity contribution in [2.75, 3.05) is 0 Å². The van der Waals surface area contributed by atoms with E-state index in [2.05, 4.69) is 9.97 Å². The van der Waals surface area contributed by atoms with Gasteiger partial charge in [-0.25, -0.2) is 14.6 Å². The first kappa shape index (κ1) is 13.6. The maximum atomic E-state index is 12.0. The molecule has 0 bridgehead atoms. The van der Waals surface area contributed by atoms with Gasteiger partial charge in [0, 0.05) is 24.0 Å². The zero-order chi connectivity index (χ0) is 15.0. The number of hydrogen-bond donors (Lipinski definition) is 2. The van der Waals surface area contributed by atoms with Gasteiger partial charge in [0.1, 0.15) is 0 Å². The molecule has 3 aromatic rings. The second-order valence-electron chi connectivity index (χ2n) is 4.75.